The van der Waals surface area contributed by atoms with Crippen LogP contribution < -0.4 is 5.32 Å². The van der Waals surface area contributed by atoms with Crippen LogP contribution in [0.4, 0.5) is 0 Å². The van der Waals surface area contributed by atoms with Gasteiger partial charge in [0.25, 0.3) is 5.91 Å². The van der Waals surface area contributed by atoms with Crippen molar-refractivity contribution < 1.29 is 9.53 Å². The number of rotatable bonds is 2. The average Bonchev–Trinajstić information content (AvgIpc) is 2.36. The van der Waals surface area contributed by atoms with Crippen LogP contribution >= 0.6 is 0 Å². The van der Waals surface area contributed by atoms with Crippen LogP contribution in [0.15, 0.2) is 6.20 Å². The average molecular weight is 231 g/mol. The van der Waals surface area contributed by atoms with Crippen molar-refractivity contribution in [1.29, 1.82) is 0 Å². The number of fused-ring (bicyclic) bond motifs is 1. The number of ether oxygens (including phenoxy) is 1. The predicted octanol–water partition coefficient (Wildman–Crippen LogP) is 0.189. The fourth-order valence-corrected chi connectivity index (χ4v) is 1.57. The Balaban J connectivity index is 2.01. The van der Waals surface area contributed by atoms with E-state index in [-0.39, 0.29) is 5.91 Å². The van der Waals surface area contributed by atoms with Crippen LogP contribution in [0.3, 0.4) is 0 Å². The second kappa shape index (κ2) is 5.41. The maximum Gasteiger partial charge on any atom is 0.296 e. The lowest BCUT2D eigenvalue weighted by atomic mass is 10.1. The predicted molar refractivity (Wildman–Crippen MR) is 60.7 cm³/mol. The maximum absolute atomic E-state index is 11.1. The molecule has 0 saturated heterocycles. The molecule has 0 bridgehead atoms. The zero-order valence-electron chi connectivity index (χ0n) is 9.62. The number of hydrogen-bond acceptors (Lipinski definition) is 4. The summed E-state index contributed by atoms with van der Waals surface area (Å²) in [5.41, 5.74) is 2.04. The summed E-state index contributed by atoms with van der Waals surface area (Å²) in [6.45, 7) is 3.19. The number of carbonyl (C=O) groups excluding carboxylic acids is 1. The lowest BCUT2D eigenvalue weighted by Gasteiger charge is -2.15. The molecule has 5 heteroatoms. The van der Waals surface area contributed by atoms with E-state index in [2.05, 4.69) is 27.1 Å². The first-order chi connectivity index (χ1) is 8.29. The summed E-state index contributed by atoms with van der Waals surface area (Å²) in [7, 11) is 0. The van der Waals surface area contributed by atoms with Crippen LogP contribution in [0, 0.1) is 11.8 Å². The van der Waals surface area contributed by atoms with Gasteiger partial charge in [0.1, 0.15) is 5.82 Å². The van der Waals surface area contributed by atoms with Crippen molar-refractivity contribution in [3.8, 4) is 11.8 Å². The molecule has 0 aliphatic carbocycles. The smallest absolute Gasteiger partial charge is 0.296 e. The van der Waals surface area contributed by atoms with Crippen molar-refractivity contribution >= 4 is 5.91 Å². The molecule has 0 spiro atoms. The Bertz CT molecular complexity index is 488. The minimum atomic E-state index is -0.308. The van der Waals surface area contributed by atoms with Gasteiger partial charge in [0.15, 0.2) is 0 Å². The second-order valence-electron chi connectivity index (χ2n) is 3.62. The van der Waals surface area contributed by atoms with Crippen LogP contribution in [0.25, 0.3) is 0 Å². The van der Waals surface area contributed by atoms with E-state index in [4.69, 9.17) is 4.74 Å². The van der Waals surface area contributed by atoms with Crippen molar-refractivity contribution in [2.24, 2.45) is 0 Å². The molecule has 1 aliphatic heterocycles. The Morgan fingerprint density at radius 3 is 3.35 bits per heavy atom. The fourth-order valence-electron chi connectivity index (χ4n) is 1.57. The van der Waals surface area contributed by atoms with Crippen molar-refractivity contribution in [2.75, 3.05) is 6.61 Å². The molecule has 1 amide bonds. The molecule has 17 heavy (non-hydrogen) atoms. The van der Waals surface area contributed by atoms with Gasteiger partial charge in [-0.3, -0.25) is 4.79 Å². The first-order valence-corrected chi connectivity index (χ1v) is 5.41. The van der Waals surface area contributed by atoms with Gasteiger partial charge in [-0.1, -0.05) is 5.92 Å². The molecule has 1 aliphatic rings. The standard InChI is InChI=1S/C12H13N3O2/c1-2-3-12(16)14-7-11-13-6-9-8-17-5-4-10(9)15-11/h6H,4-5,7-8H2,1H3,(H,14,16). The number of aromatic nitrogens is 2. The van der Waals surface area contributed by atoms with E-state index in [0.717, 1.165) is 17.7 Å². The molecule has 1 aromatic heterocycles. The lowest BCUT2D eigenvalue weighted by Crippen LogP contribution is -2.23. The third-order valence-electron chi connectivity index (χ3n) is 2.39. The van der Waals surface area contributed by atoms with Crippen LogP contribution in [0.2, 0.25) is 0 Å². The topological polar surface area (TPSA) is 64.1 Å². The van der Waals surface area contributed by atoms with Crippen LogP contribution in [-0.2, 0) is 29.1 Å². The molecule has 0 fully saturated rings. The van der Waals surface area contributed by atoms with E-state index in [1.165, 1.54) is 0 Å². The molecule has 0 saturated carbocycles. The summed E-state index contributed by atoms with van der Waals surface area (Å²) in [5.74, 6) is 5.24. The highest BCUT2D eigenvalue weighted by molar-refractivity contribution is 5.93. The first kappa shape index (κ1) is 11.6. The van der Waals surface area contributed by atoms with Crippen molar-refractivity contribution in [3.05, 3.63) is 23.3 Å². The highest BCUT2D eigenvalue weighted by atomic mass is 16.5. The lowest BCUT2D eigenvalue weighted by molar-refractivity contribution is -0.115. The Morgan fingerprint density at radius 1 is 1.65 bits per heavy atom. The molecule has 0 aromatic carbocycles. The van der Waals surface area contributed by atoms with E-state index in [0.29, 0.717) is 25.6 Å². The SMILES string of the molecule is CC#CC(=O)NCc1ncc2c(n1)CCOC2. The van der Waals surface area contributed by atoms with Gasteiger partial charge in [-0.15, -0.1) is 0 Å². The molecule has 1 N–H and O–H groups in total. The van der Waals surface area contributed by atoms with E-state index < -0.39 is 0 Å². The zero-order valence-corrected chi connectivity index (χ0v) is 9.62. The number of nitrogens with one attached hydrogen (secondary N) is 1. The van der Waals surface area contributed by atoms with Gasteiger partial charge < -0.3 is 10.1 Å². The summed E-state index contributed by atoms with van der Waals surface area (Å²) in [6, 6.07) is 0. The van der Waals surface area contributed by atoms with Gasteiger partial charge in [-0.2, -0.15) is 0 Å². The van der Waals surface area contributed by atoms with Crippen molar-refractivity contribution in [1.82, 2.24) is 15.3 Å². The number of amides is 1. The molecule has 1 aromatic rings. The summed E-state index contributed by atoms with van der Waals surface area (Å²) in [5, 5.41) is 2.64. The molecular weight excluding hydrogens is 218 g/mol. The minimum Gasteiger partial charge on any atom is -0.376 e. The van der Waals surface area contributed by atoms with Gasteiger partial charge in [0.2, 0.25) is 0 Å². The summed E-state index contributed by atoms with van der Waals surface area (Å²) < 4.78 is 5.30. The highest BCUT2D eigenvalue weighted by Gasteiger charge is 2.12. The Kier molecular flexibility index (Phi) is 3.68. The first-order valence-electron chi connectivity index (χ1n) is 5.41. The van der Waals surface area contributed by atoms with Crippen molar-refractivity contribution in [3.63, 3.8) is 0 Å². The summed E-state index contributed by atoms with van der Waals surface area (Å²) >= 11 is 0. The number of nitrogens with zero attached hydrogens (tertiary/aromatic N) is 2. The van der Waals surface area contributed by atoms with Gasteiger partial charge in [-0.25, -0.2) is 9.97 Å². The van der Waals surface area contributed by atoms with Crippen molar-refractivity contribution in [2.45, 2.75) is 26.5 Å². The third-order valence-corrected chi connectivity index (χ3v) is 2.39. The normalized spacial score (nSPS) is 13.2. The number of hydrogen-bond donors (Lipinski definition) is 1. The van der Waals surface area contributed by atoms with Gasteiger partial charge in [0, 0.05) is 18.2 Å². The second-order valence-corrected chi connectivity index (χ2v) is 3.62. The quantitative estimate of drug-likeness (QED) is 0.738. The molecule has 5 nitrogen and oxygen atoms in total. The van der Waals surface area contributed by atoms with E-state index in [1.54, 1.807) is 13.1 Å². The van der Waals surface area contributed by atoms with E-state index in [1.807, 2.05) is 0 Å². The van der Waals surface area contributed by atoms with Crippen LogP contribution in [0.1, 0.15) is 24.0 Å². The molecule has 2 heterocycles. The maximum atomic E-state index is 11.1. The Hall–Kier alpha value is -1.93. The van der Waals surface area contributed by atoms with Gasteiger partial charge in [0.05, 0.1) is 25.5 Å². The summed E-state index contributed by atoms with van der Waals surface area (Å²) in [4.78, 5) is 19.7. The molecule has 88 valence electrons. The summed E-state index contributed by atoms with van der Waals surface area (Å²) in [6.07, 6.45) is 2.56. The molecule has 0 atom stereocenters. The molecule has 2 rings (SSSR count). The van der Waals surface area contributed by atoms with E-state index >= 15 is 0 Å². The molecule has 0 radical (unpaired) electrons. The molecular formula is C12H13N3O2. The Labute approximate surface area is 99.6 Å². The van der Waals surface area contributed by atoms with Crippen LogP contribution in [0.5, 0.6) is 0 Å². The highest BCUT2D eigenvalue weighted by Crippen LogP contribution is 2.13. The van der Waals surface area contributed by atoms with E-state index in [9.17, 15) is 4.79 Å². The zero-order chi connectivity index (χ0) is 12.1. The minimum absolute atomic E-state index is 0.307. The monoisotopic (exact) mass is 231 g/mol. The van der Waals surface area contributed by atoms with Gasteiger partial charge in [-0.05, 0) is 12.8 Å². The largest absolute Gasteiger partial charge is 0.376 e. The Morgan fingerprint density at radius 2 is 2.53 bits per heavy atom. The third kappa shape index (κ3) is 3.02. The number of carbonyl (C=O) groups is 1. The van der Waals surface area contributed by atoms with Crippen LogP contribution in [-0.4, -0.2) is 22.5 Å². The molecule has 0 unspecified atom stereocenters. The van der Waals surface area contributed by atoms with Gasteiger partial charge >= 0.3 is 0 Å². The fraction of sp³-hybridized carbons (Fsp3) is 0.417.